The first-order valence-electron chi connectivity index (χ1n) is 4.97. The predicted octanol–water partition coefficient (Wildman–Crippen LogP) is 1.52. The Hall–Kier alpha value is -0.560. The molecule has 102 valence electrons. The van der Waals surface area contributed by atoms with Crippen molar-refractivity contribution in [2.45, 2.75) is 38.3 Å². The summed E-state index contributed by atoms with van der Waals surface area (Å²) in [6.45, 7) is 3.58. The summed E-state index contributed by atoms with van der Waals surface area (Å²) in [5.41, 5.74) is 0. The minimum Gasteiger partial charge on any atom is -0.332 e. The molecule has 1 saturated heterocycles. The fourth-order valence-electron chi connectivity index (χ4n) is 1.59. The summed E-state index contributed by atoms with van der Waals surface area (Å²) in [5, 5.41) is 2.97. The molecule has 0 aromatic carbocycles. The Morgan fingerprint density at radius 1 is 1.41 bits per heavy atom. The van der Waals surface area contributed by atoms with E-state index in [1.165, 1.54) is 0 Å². The highest BCUT2D eigenvalue weighted by molar-refractivity contribution is 5.85. The second-order valence-electron chi connectivity index (χ2n) is 4.04. The molecule has 0 bridgehead atoms. The molecule has 0 aromatic heterocycles. The van der Waals surface area contributed by atoms with Crippen molar-refractivity contribution in [3.8, 4) is 0 Å². The Bertz CT molecular complexity index is 278. The largest absolute Gasteiger partial charge is 0.383 e. The van der Waals surface area contributed by atoms with E-state index in [1.54, 1.807) is 13.8 Å². The van der Waals surface area contributed by atoms with E-state index in [-0.39, 0.29) is 25.0 Å². The lowest BCUT2D eigenvalue weighted by Gasteiger charge is -2.38. The van der Waals surface area contributed by atoms with E-state index in [1.807, 2.05) is 0 Å². The van der Waals surface area contributed by atoms with Gasteiger partial charge in [0.15, 0.2) is 0 Å². The van der Waals surface area contributed by atoms with Crippen LogP contribution in [0.15, 0.2) is 0 Å². The number of halogens is 5. The number of nitrogens with one attached hydrogen (secondary N) is 1. The van der Waals surface area contributed by atoms with Crippen LogP contribution in [0.2, 0.25) is 0 Å². The van der Waals surface area contributed by atoms with Crippen molar-refractivity contribution >= 4 is 18.3 Å². The first-order chi connectivity index (χ1) is 7.26. The van der Waals surface area contributed by atoms with E-state index in [2.05, 4.69) is 5.32 Å². The van der Waals surface area contributed by atoms with Gasteiger partial charge in [-0.15, -0.1) is 12.4 Å². The lowest BCUT2D eigenvalue weighted by molar-refractivity contribution is -0.183. The van der Waals surface area contributed by atoms with Crippen molar-refractivity contribution in [2.75, 3.05) is 13.1 Å². The number of hydrogen-bond acceptors (Lipinski definition) is 2. The van der Waals surface area contributed by atoms with Gasteiger partial charge < -0.3 is 10.2 Å². The quantitative estimate of drug-likeness (QED) is 0.777. The Kier molecular flexibility index (Phi) is 5.67. The van der Waals surface area contributed by atoms with E-state index in [4.69, 9.17) is 0 Å². The van der Waals surface area contributed by atoms with Crippen LogP contribution in [0.25, 0.3) is 0 Å². The standard InChI is InChI=1S/C9H14F4N2O.ClH/c1-5-4-15(6(2)3-14-5)8(16)9(12,13)7(10)11;/h5-7,14H,3-4H2,1-2H3;1H. The number of nitrogens with zero attached hydrogens (tertiary/aromatic N) is 1. The van der Waals surface area contributed by atoms with Crippen molar-refractivity contribution in [1.29, 1.82) is 0 Å². The monoisotopic (exact) mass is 278 g/mol. The van der Waals surface area contributed by atoms with Gasteiger partial charge in [-0.1, -0.05) is 0 Å². The fourth-order valence-corrected chi connectivity index (χ4v) is 1.59. The van der Waals surface area contributed by atoms with Gasteiger partial charge in [0.2, 0.25) is 0 Å². The lowest BCUT2D eigenvalue weighted by Crippen LogP contribution is -2.60. The molecule has 1 aliphatic heterocycles. The summed E-state index contributed by atoms with van der Waals surface area (Å²) in [4.78, 5) is 12.1. The Balaban J connectivity index is 0.00000256. The second kappa shape index (κ2) is 5.86. The molecule has 17 heavy (non-hydrogen) atoms. The smallest absolute Gasteiger partial charge is 0.332 e. The number of amides is 1. The van der Waals surface area contributed by atoms with Gasteiger partial charge in [0, 0.05) is 25.2 Å². The first kappa shape index (κ1) is 16.4. The van der Waals surface area contributed by atoms with Crippen molar-refractivity contribution in [3.05, 3.63) is 0 Å². The maximum Gasteiger partial charge on any atom is 0.383 e. The highest BCUT2D eigenvalue weighted by Gasteiger charge is 2.52. The van der Waals surface area contributed by atoms with Crippen LogP contribution in [0.3, 0.4) is 0 Å². The minimum absolute atomic E-state index is 0. The average Bonchev–Trinajstić information content (AvgIpc) is 2.20. The normalized spacial score (nSPS) is 25.7. The average molecular weight is 279 g/mol. The van der Waals surface area contributed by atoms with E-state index in [9.17, 15) is 22.4 Å². The third-order valence-electron chi connectivity index (χ3n) is 2.58. The van der Waals surface area contributed by atoms with Crippen LogP contribution in [-0.2, 0) is 4.79 Å². The summed E-state index contributed by atoms with van der Waals surface area (Å²) in [7, 11) is 0. The molecule has 3 nitrogen and oxygen atoms in total. The molecule has 0 aromatic rings. The Morgan fingerprint density at radius 2 is 1.94 bits per heavy atom. The molecule has 0 radical (unpaired) electrons. The van der Waals surface area contributed by atoms with Crippen LogP contribution >= 0.6 is 12.4 Å². The zero-order valence-electron chi connectivity index (χ0n) is 9.42. The van der Waals surface area contributed by atoms with Crippen LogP contribution in [0, 0.1) is 0 Å². The second-order valence-corrected chi connectivity index (χ2v) is 4.04. The molecule has 2 unspecified atom stereocenters. The van der Waals surface area contributed by atoms with Gasteiger partial charge in [-0.05, 0) is 13.8 Å². The number of hydrogen-bond donors (Lipinski definition) is 1. The third-order valence-corrected chi connectivity index (χ3v) is 2.58. The maximum atomic E-state index is 12.9. The molecule has 1 aliphatic rings. The van der Waals surface area contributed by atoms with E-state index in [0.717, 1.165) is 4.90 Å². The topological polar surface area (TPSA) is 32.3 Å². The number of rotatable bonds is 2. The van der Waals surface area contributed by atoms with Gasteiger partial charge >= 0.3 is 12.3 Å². The molecule has 1 N–H and O–H groups in total. The molecular weight excluding hydrogens is 264 g/mol. The molecule has 0 aliphatic carbocycles. The van der Waals surface area contributed by atoms with Crippen LogP contribution in [-0.4, -0.2) is 48.3 Å². The Labute approximate surface area is 103 Å². The molecule has 0 spiro atoms. The molecule has 0 saturated carbocycles. The van der Waals surface area contributed by atoms with Gasteiger partial charge in [0.25, 0.3) is 5.91 Å². The summed E-state index contributed by atoms with van der Waals surface area (Å²) in [5.74, 6) is -6.38. The molecule has 8 heteroatoms. The van der Waals surface area contributed by atoms with E-state index < -0.39 is 24.3 Å². The first-order valence-corrected chi connectivity index (χ1v) is 4.97. The van der Waals surface area contributed by atoms with Crippen LogP contribution in [0.1, 0.15) is 13.8 Å². The minimum atomic E-state index is -4.59. The van der Waals surface area contributed by atoms with Crippen molar-refractivity contribution in [1.82, 2.24) is 10.2 Å². The maximum absolute atomic E-state index is 12.9. The molecule has 2 atom stereocenters. The van der Waals surface area contributed by atoms with Crippen LogP contribution in [0.4, 0.5) is 17.6 Å². The third kappa shape index (κ3) is 3.45. The van der Waals surface area contributed by atoms with E-state index in [0.29, 0.717) is 6.54 Å². The molecule has 1 rings (SSSR count). The van der Waals surface area contributed by atoms with Gasteiger partial charge in [-0.25, -0.2) is 8.78 Å². The number of carbonyl (C=O) groups excluding carboxylic acids is 1. The summed E-state index contributed by atoms with van der Waals surface area (Å²) in [6.07, 6.45) is -3.96. The SMILES string of the molecule is CC1CN(C(=O)C(F)(F)C(F)F)C(C)CN1.Cl. The van der Waals surface area contributed by atoms with E-state index >= 15 is 0 Å². The zero-order chi connectivity index (χ0) is 12.5. The summed E-state index contributed by atoms with van der Waals surface area (Å²) in [6, 6.07) is -0.679. The van der Waals surface area contributed by atoms with Crippen LogP contribution in [0.5, 0.6) is 0 Å². The molecule has 1 fully saturated rings. The molecular formula is C9H15ClF4N2O. The van der Waals surface area contributed by atoms with Gasteiger partial charge in [0.1, 0.15) is 0 Å². The van der Waals surface area contributed by atoms with Crippen molar-refractivity contribution in [3.63, 3.8) is 0 Å². The van der Waals surface area contributed by atoms with Gasteiger partial charge in [-0.2, -0.15) is 8.78 Å². The van der Waals surface area contributed by atoms with Crippen molar-refractivity contribution in [2.24, 2.45) is 0 Å². The zero-order valence-corrected chi connectivity index (χ0v) is 10.2. The van der Waals surface area contributed by atoms with Crippen molar-refractivity contribution < 1.29 is 22.4 Å². The molecule has 1 heterocycles. The number of piperazine rings is 1. The van der Waals surface area contributed by atoms with Gasteiger partial charge in [0.05, 0.1) is 0 Å². The Morgan fingerprint density at radius 3 is 2.41 bits per heavy atom. The number of alkyl halides is 4. The highest BCUT2D eigenvalue weighted by atomic mass is 35.5. The van der Waals surface area contributed by atoms with Gasteiger partial charge in [-0.3, -0.25) is 4.79 Å². The summed E-state index contributed by atoms with van der Waals surface area (Å²) >= 11 is 0. The summed E-state index contributed by atoms with van der Waals surface area (Å²) < 4.78 is 49.8. The fraction of sp³-hybridized carbons (Fsp3) is 0.889. The predicted molar refractivity (Wildman–Crippen MR) is 56.8 cm³/mol. The number of carbonyl (C=O) groups is 1. The highest BCUT2D eigenvalue weighted by Crippen LogP contribution is 2.27. The van der Waals surface area contributed by atoms with Crippen LogP contribution < -0.4 is 5.32 Å². The lowest BCUT2D eigenvalue weighted by atomic mass is 10.1. The molecule has 1 amide bonds.